The lowest BCUT2D eigenvalue weighted by molar-refractivity contribution is 0.490. The Labute approximate surface area is 133 Å². The lowest BCUT2D eigenvalue weighted by Gasteiger charge is -2.26. The van der Waals surface area contributed by atoms with E-state index >= 15 is 0 Å². The molecule has 1 nitrogen and oxygen atoms in total. The summed E-state index contributed by atoms with van der Waals surface area (Å²) < 4.78 is 3.56. The Morgan fingerprint density at radius 2 is 2.00 bits per heavy atom. The summed E-state index contributed by atoms with van der Waals surface area (Å²) >= 11 is 3.59. The van der Waals surface area contributed by atoms with Gasteiger partial charge in [-0.2, -0.15) is 0 Å². The third kappa shape index (κ3) is 2.42. The van der Waals surface area contributed by atoms with Gasteiger partial charge in [0.25, 0.3) is 0 Å². The number of aryl methyl sites for hydroxylation is 1. The molecule has 3 aromatic rings. The summed E-state index contributed by atoms with van der Waals surface area (Å²) in [6.45, 7) is 1.08. The van der Waals surface area contributed by atoms with E-state index in [2.05, 4.69) is 75.2 Å². The predicted octanol–water partition coefficient (Wildman–Crippen LogP) is 5.52. The minimum atomic E-state index is 0.643. The zero-order valence-electron chi connectivity index (χ0n) is 11.9. The van der Waals surface area contributed by atoms with Crippen LogP contribution in [0.5, 0.6) is 0 Å². The Balaban J connectivity index is 1.71. The summed E-state index contributed by atoms with van der Waals surface area (Å²) in [5, 5.41) is 1.32. The van der Waals surface area contributed by atoms with Gasteiger partial charge in [-0.25, -0.2) is 0 Å². The molecular weight excluding hydrogens is 322 g/mol. The highest BCUT2D eigenvalue weighted by molar-refractivity contribution is 9.10. The van der Waals surface area contributed by atoms with E-state index in [9.17, 15) is 0 Å². The van der Waals surface area contributed by atoms with Gasteiger partial charge in [-0.3, -0.25) is 0 Å². The molecule has 1 aromatic heterocycles. The third-order valence-electron chi connectivity index (χ3n) is 4.65. The molecule has 1 aliphatic rings. The first kappa shape index (κ1) is 13.1. The van der Waals surface area contributed by atoms with E-state index in [4.69, 9.17) is 0 Å². The molecule has 0 N–H and O–H groups in total. The molecule has 21 heavy (non-hydrogen) atoms. The zero-order chi connectivity index (χ0) is 14.2. The smallest absolute Gasteiger partial charge is 0.0491 e. The maximum atomic E-state index is 3.59. The summed E-state index contributed by atoms with van der Waals surface area (Å²) in [5.74, 6) is 0.643. The zero-order valence-corrected chi connectivity index (χ0v) is 13.5. The van der Waals surface area contributed by atoms with Gasteiger partial charge in [0.1, 0.15) is 0 Å². The Kier molecular flexibility index (Phi) is 3.34. The lowest BCUT2D eigenvalue weighted by atomic mass is 9.83. The highest BCUT2D eigenvalue weighted by Crippen LogP contribution is 2.33. The highest BCUT2D eigenvalue weighted by Gasteiger charge is 2.20. The van der Waals surface area contributed by atoms with Gasteiger partial charge in [0.05, 0.1) is 0 Å². The predicted molar refractivity (Wildman–Crippen MR) is 91.8 cm³/mol. The van der Waals surface area contributed by atoms with Crippen LogP contribution in [0.2, 0.25) is 0 Å². The van der Waals surface area contributed by atoms with Crippen molar-refractivity contribution in [3.05, 3.63) is 70.3 Å². The molecule has 2 heteroatoms. The molecule has 0 spiro atoms. The van der Waals surface area contributed by atoms with Crippen molar-refractivity contribution in [2.75, 3.05) is 0 Å². The first-order valence-electron chi connectivity index (χ1n) is 7.63. The molecule has 1 heterocycles. The molecule has 0 bridgehead atoms. The van der Waals surface area contributed by atoms with Gasteiger partial charge in [0.15, 0.2) is 0 Å². The average molecular weight is 340 g/mol. The second-order valence-electron chi connectivity index (χ2n) is 5.96. The molecule has 4 rings (SSSR count). The second kappa shape index (κ2) is 5.34. The first-order valence-corrected chi connectivity index (χ1v) is 8.43. The van der Waals surface area contributed by atoms with E-state index in [1.54, 1.807) is 11.1 Å². The monoisotopic (exact) mass is 339 g/mol. The van der Waals surface area contributed by atoms with Crippen LogP contribution in [-0.4, -0.2) is 4.57 Å². The largest absolute Gasteiger partial charge is 0.347 e. The molecule has 2 aromatic carbocycles. The molecule has 1 unspecified atom stereocenters. The average Bonchev–Trinajstić information content (AvgIpc) is 2.90. The van der Waals surface area contributed by atoms with Crippen LogP contribution >= 0.6 is 15.9 Å². The molecule has 0 radical (unpaired) electrons. The van der Waals surface area contributed by atoms with Gasteiger partial charge in [-0.1, -0.05) is 46.3 Å². The van der Waals surface area contributed by atoms with Crippen molar-refractivity contribution in [1.29, 1.82) is 0 Å². The number of rotatable bonds is 2. The third-order valence-corrected chi connectivity index (χ3v) is 5.14. The summed E-state index contributed by atoms with van der Waals surface area (Å²) in [5.41, 5.74) is 4.43. The summed E-state index contributed by atoms with van der Waals surface area (Å²) in [4.78, 5) is 0. The Morgan fingerprint density at radius 3 is 2.95 bits per heavy atom. The Bertz CT molecular complexity index is 787. The number of benzene rings is 2. The van der Waals surface area contributed by atoms with E-state index in [-0.39, 0.29) is 0 Å². The molecule has 1 atom stereocenters. The Hall–Kier alpha value is -1.54. The van der Waals surface area contributed by atoms with Crippen LogP contribution in [0.15, 0.2) is 59.2 Å². The fraction of sp³-hybridized carbons (Fsp3) is 0.263. The molecule has 0 aliphatic heterocycles. The quantitative estimate of drug-likeness (QED) is 0.578. The van der Waals surface area contributed by atoms with Crippen LogP contribution in [0.3, 0.4) is 0 Å². The van der Waals surface area contributed by atoms with Crippen LogP contribution in [0, 0.1) is 0 Å². The van der Waals surface area contributed by atoms with Crippen molar-refractivity contribution in [3.8, 4) is 0 Å². The van der Waals surface area contributed by atoms with Crippen molar-refractivity contribution in [2.24, 2.45) is 0 Å². The SMILES string of the molecule is Brc1ccc2ccn(CC3CCCc4ccccc43)c2c1. The number of hydrogen-bond donors (Lipinski definition) is 0. The van der Waals surface area contributed by atoms with Crippen molar-refractivity contribution in [3.63, 3.8) is 0 Å². The molecule has 1 aliphatic carbocycles. The minimum Gasteiger partial charge on any atom is -0.347 e. The number of hydrogen-bond acceptors (Lipinski definition) is 0. The number of nitrogens with zero attached hydrogens (tertiary/aromatic N) is 1. The van der Waals surface area contributed by atoms with Crippen LogP contribution < -0.4 is 0 Å². The molecule has 0 saturated heterocycles. The number of aromatic nitrogens is 1. The molecule has 0 fully saturated rings. The normalized spacial score (nSPS) is 17.9. The van der Waals surface area contributed by atoms with E-state index in [1.165, 1.54) is 30.2 Å². The van der Waals surface area contributed by atoms with Gasteiger partial charge in [-0.15, -0.1) is 0 Å². The van der Waals surface area contributed by atoms with Crippen LogP contribution in [0.1, 0.15) is 29.9 Å². The van der Waals surface area contributed by atoms with E-state index in [0.29, 0.717) is 5.92 Å². The summed E-state index contributed by atoms with van der Waals surface area (Å²) in [6, 6.07) is 17.7. The van der Waals surface area contributed by atoms with E-state index in [1.807, 2.05) is 0 Å². The fourth-order valence-electron chi connectivity index (χ4n) is 3.60. The molecule has 106 valence electrons. The van der Waals surface area contributed by atoms with Crippen molar-refractivity contribution >= 4 is 26.8 Å². The standard InChI is InChI=1S/C19H18BrN/c20-17-9-8-15-10-11-21(19(15)12-17)13-16-6-3-5-14-4-1-2-7-18(14)16/h1-2,4,7-12,16H,3,5-6,13H2. The number of halogens is 1. The topological polar surface area (TPSA) is 4.93 Å². The van der Waals surface area contributed by atoms with Gasteiger partial charge in [0, 0.05) is 28.6 Å². The van der Waals surface area contributed by atoms with Crippen LogP contribution in [0.4, 0.5) is 0 Å². The maximum absolute atomic E-state index is 3.59. The Morgan fingerprint density at radius 1 is 1.10 bits per heavy atom. The van der Waals surface area contributed by atoms with Gasteiger partial charge >= 0.3 is 0 Å². The van der Waals surface area contributed by atoms with Crippen LogP contribution in [-0.2, 0) is 13.0 Å². The van der Waals surface area contributed by atoms with Crippen LogP contribution in [0.25, 0.3) is 10.9 Å². The summed E-state index contributed by atoms with van der Waals surface area (Å²) in [6.07, 6.45) is 6.08. The molecule has 0 saturated carbocycles. The van der Waals surface area contributed by atoms with Crippen molar-refractivity contribution in [1.82, 2.24) is 4.57 Å². The van der Waals surface area contributed by atoms with Gasteiger partial charge in [0.2, 0.25) is 0 Å². The van der Waals surface area contributed by atoms with Gasteiger partial charge in [-0.05, 0) is 54.0 Å². The number of fused-ring (bicyclic) bond motifs is 2. The van der Waals surface area contributed by atoms with E-state index < -0.39 is 0 Å². The van der Waals surface area contributed by atoms with Crippen molar-refractivity contribution < 1.29 is 0 Å². The molecular formula is C19H18BrN. The maximum Gasteiger partial charge on any atom is 0.0491 e. The molecule has 0 amide bonds. The summed E-state index contributed by atoms with van der Waals surface area (Å²) in [7, 11) is 0. The van der Waals surface area contributed by atoms with E-state index in [0.717, 1.165) is 11.0 Å². The van der Waals surface area contributed by atoms with Gasteiger partial charge < -0.3 is 4.57 Å². The highest BCUT2D eigenvalue weighted by atomic mass is 79.9. The fourth-order valence-corrected chi connectivity index (χ4v) is 3.95. The second-order valence-corrected chi connectivity index (χ2v) is 6.87. The first-order chi connectivity index (χ1) is 10.3. The van der Waals surface area contributed by atoms with Crippen molar-refractivity contribution in [2.45, 2.75) is 31.7 Å². The minimum absolute atomic E-state index is 0.643. The lowest BCUT2D eigenvalue weighted by Crippen LogP contribution is -2.15.